The van der Waals surface area contributed by atoms with Gasteiger partial charge in [-0.05, 0) is 31.7 Å². The minimum atomic E-state index is -3.21. The quantitative estimate of drug-likeness (QED) is 0.773. The van der Waals surface area contributed by atoms with Crippen LogP contribution in [0.4, 0.5) is 5.69 Å². The summed E-state index contributed by atoms with van der Waals surface area (Å²) in [5.74, 6) is -0.0234. The van der Waals surface area contributed by atoms with Crippen LogP contribution in [0.2, 0.25) is 0 Å². The molecule has 1 heterocycles. The van der Waals surface area contributed by atoms with Crippen LogP contribution in [-0.2, 0) is 10.0 Å². The molecule has 2 N–H and O–H groups in total. The third-order valence-electron chi connectivity index (χ3n) is 3.16. The average molecular weight is 334 g/mol. The lowest BCUT2D eigenvalue weighted by molar-refractivity contribution is 0.0954. The monoisotopic (exact) mass is 333 g/mol. The first-order valence-corrected chi connectivity index (χ1v) is 8.19. The average Bonchev–Trinajstić information content (AvgIpc) is 2.78. The molecule has 6 nitrogen and oxygen atoms in total. The van der Waals surface area contributed by atoms with Gasteiger partial charge < -0.3 is 10.6 Å². The molecule has 1 amide bonds. The Kier molecular flexibility index (Phi) is 6.44. The van der Waals surface area contributed by atoms with Gasteiger partial charge in [-0.15, -0.1) is 12.4 Å². The van der Waals surface area contributed by atoms with E-state index in [9.17, 15) is 13.2 Å². The van der Waals surface area contributed by atoms with Crippen LogP contribution in [-0.4, -0.2) is 46.8 Å². The number of benzene rings is 1. The second-order valence-electron chi connectivity index (χ2n) is 4.65. The number of hydrogen-bond acceptors (Lipinski definition) is 4. The summed E-state index contributed by atoms with van der Waals surface area (Å²) in [5, 5.41) is 5.71. The van der Waals surface area contributed by atoms with E-state index in [1.54, 1.807) is 24.3 Å². The molecule has 118 valence electrons. The summed E-state index contributed by atoms with van der Waals surface area (Å²) in [6.07, 6.45) is 0.626. The van der Waals surface area contributed by atoms with E-state index in [4.69, 9.17) is 0 Å². The molecule has 0 aromatic heterocycles. The first-order chi connectivity index (χ1) is 9.54. The maximum absolute atomic E-state index is 11.9. The lowest BCUT2D eigenvalue weighted by Gasteiger charge is -2.17. The summed E-state index contributed by atoms with van der Waals surface area (Å²) in [6, 6.07) is 6.72. The molecule has 1 fully saturated rings. The number of anilines is 1. The van der Waals surface area contributed by atoms with Gasteiger partial charge in [-0.25, -0.2) is 8.42 Å². The molecule has 1 aliphatic rings. The predicted octanol–water partition coefficient (Wildman–Crippen LogP) is 0.597. The number of rotatable bonds is 5. The standard InChI is InChI=1S/C13H19N3O3S.ClH/c1-14-6-7-15-13(17)11-4-2-5-12(10-11)16-8-3-9-20(16,18)19;/h2,4-5,10,14H,3,6-9H2,1H3,(H,15,17);1H. The number of sulfonamides is 1. The number of hydrogen-bond donors (Lipinski definition) is 2. The lowest BCUT2D eigenvalue weighted by atomic mass is 10.2. The van der Waals surface area contributed by atoms with E-state index in [-0.39, 0.29) is 24.1 Å². The Bertz CT molecular complexity index is 592. The van der Waals surface area contributed by atoms with Crippen LogP contribution in [0.15, 0.2) is 24.3 Å². The Labute approximate surface area is 131 Å². The Morgan fingerprint density at radius 2 is 2.10 bits per heavy atom. The van der Waals surface area contributed by atoms with Crippen molar-refractivity contribution in [1.82, 2.24) is 10.6 Å². The molecule has 1 saturated heterocycles. The smallest absolute Gasteiger partial charge is 0.251 e. The number of halogens is 1. The Morgan fingerprint density at radius 1 is 1.33 bits per heavy atom. The summed E-state index contributed by atoms with van der Waals surface area (Å²) >= 11 is 0. The van der Waals surface area contributed by atoms with E-state index in [0.29, 0.717) is 37.3 Å². The van der Waals surface area contributed by atoms with Gasteiger partial charge >= 0.3 is 0 Å². The molecule has 8 heteroatoms. The molecule has 0 unspecified atom stereocenters. The highest BCUT2D eigenvalue weighted by Gasteiger charge is 2.28. The molecule has 0 aliphatic carbocycles. The fourth-order valence-electron chi connectivity index (χ4n) is 2.13. The van der Waals surface area contributed by atoms with Crippen LogP contribution >= 0.6 is 12.4 Å². The van der Waals surface area contributed by atoms with E-state index in [1.165, 1.54) is 4.31 Å². The third-order valence-corrected chi connectivity index (χ3v) is 5.03. The topological polar surface area (TPSA) is 78.5 Å². The Hall–Kier alpha value is -1.31. The van der Waals surface area contributed by atoms with Crippen molar-refractivity contribution in [2.45, 2.75) is 6.42 Å². The number of nitrogens with one attached hydrogen (secondary N) is 2. The summed E-state index contributed by atoms with van der Waals surface area (Å²) in [4.78, 5) is 11.9. The van der Waals surface area contributed by atoms with Gasteiger partial charge in [-0.1, -0.05) is 6.07 Å². The van der Waals surface area contributed by atoms with E-state index in [0.717, 1.165) is 0 Å². The zero-order valence-corrected chi connectivity index (χ0v) is 13.5. The normalized spacial score (nSPS) is 16.3. The van der Waals surface area contributed by atoms with Crippen molar-refractivity contribution >= 4 is 34.0 Å². The third kappa shape index (κ3) is 4.33. The van der Waals surface area contributed by atoms with Gasteiger partial charge in [0.05, 0.1) is 11.4 Å². The summed E-state index contributed by atoms with van der Waals surface area (Å²) in [5.41, 5.74) is 1.03. The van der Waals surface area contributed by atoms with Crippen molar-refractivity contribution in [3.05, 3.63) is 29.8 Å². The highest BCUT2D eigenvalue weighted by Crippen LogP contribution is 2.24. The number of amides is 1. The van der Waals surface area contributed by atoms with Gasteiger partial charge in [0.2, 0.25) is 10.0 Å². The first kappa shape index (κ1) is 17.7. The second-order valence-corrected chi connectivity index (χ2v) is 6.66. The molecule has 21 heavy (non-hydrogen) atoms. The molecule has 1 aliphatic heterocycles. The minimum Gasteiger partial charge on any atom is -0.351 e. The van der Waals surface area contributed by atoms with Gasteiger partial charge in [-0.3, -0.25) is 9.10 Å². The van der Waals surface area contributed by atoms with Crippen LogP contribution in [0.5, 0.6) is 0 Å². The molecule has 0 saturated carbocycles. The van der Waals surface area contributed by atoms with Crippen molar-refractivity contribution in [3.8, 4) is 0 Å². The number of nitrogens with zero attached hydrogens (tertiary/aromatic N) is 1. The van der Waals surface area contributed by atoms with Crippen molar-refractivity contribution in [2.75, 3.05) is 36.7 Å². The second kappa shape index (κ2) is 7.63. The lowest BCUT2D eigenvalue weighted by Crippen LogP contribution is -2.30. The van der Waals surface area contributed by atoms with Gasteiger partial charge in [0, 0.05) is 25.2 Å². The summed E-state index contributed by atoms with van der Waals surface area (Å²) in [6.45, 7) is 1.70. The van der Waals surface area contributed by atoms with Gasteiger partial charge in [0.1, 0.15) is 0 Å². The molecule has 0 spiro atoms. The maximum Gasteiger partial charge on any atom is 0.251 e. The SMILES string of the molecule is CNCCNC(=O)c1cccc(N2CCCS2(=O)=O)c1.Cl. The van der Waals surface area contributed by atoms with Gasteiger partial charge in [0.15, 0.2) is 0 Å². The predicted molar refractivity (Wildman–Crippen MR) is 85.7 cm³/mol. The van der Waals surface area contributed by atoms with Crippen LogP contribution < -0.4 is 14.9 Å². The number of likely N-dealkylation sites (N-methyl/N-ethyl adjacent to an activating group) is 1. The summed E-state index contributed by atoms with van der Waals surface area (Å²) < 4.78 is 25.1. The molecule has 1 aromatic carbocycles. The van der Waals surface area contributed by atoms with Crippen LogP contribution in [0, 0.1) is 0 Å². The zero-order chi connectivity index (χ0) is 14.6. The molecule has 1 aromatic rings. The molecule has 2 rings (SSSR count). The van der Waals surface area contributed by atoms with Gasteiger partial charge in [-0.2, -0.15) is 0 Å². The first-order valence-electron chi connectivity index (χ1n) is 6.58. The minimum absolute atomic E-state index is 0. The van der Waals surface area contributed by atoms with Crippen LogP contribution in [0.1, 0.15) is 16.8 Å². The van der Waals surface area contributed by atoms with Crippen molar-refractivity contribution in [1.29, 1.82) is 0 Å². The molecule has 0 radical (unpaired) electrons. The van der Waals surface area contributed by atoms with Crippen molar-refractivity contribution in [3.63, 3.8) is 0 Å². The van der Waals surface area contributed by atoms with Gasteiger partial charge in [0.25, 0.3) is 5.91 Å². The highest BCUT2D eigenvalue weighted by molar-refractivity contribution is 7.93. The van der Waals surface area contributed by atoms with E-state index >= 15 is 0 Å². The largest absolute Gasteiger partial charge is 0.351 e. The zero-order valence-electron chi connectivity index (χ0n) is 11.8. The fraction of sp³-hybridized carbons (Fsp3) is 0.462. The molecule has 0 atom stereocenters. The Morgan fingerprint density at radius 3 is 2.71 bits per heavy atom. The molecule has 0 bridgehead atoms. The fourth-order valence-corrected chi connectivity index (χ4v) is 3.69. The highest BCUT2D eigenvalue weighted by atomic mass is 35.5. The molecular formula is C13H20ClN3O3S. The summed E-state index contributed by atoms with van der Waals surface area (Å²) in [7, 11) is -1.40. The maximum atomic E-state index is 11.9. The van der Waals surface area contributed by atoms with Crippen molar-refractivity contribution in [2.24, 2.45) is 0 Å². The van der Waals surface area contributed by atoms with E-state index in [2.05, 4.69) is 10.6 Å². The van der Waals surface area contributed by atoms with Crippen LogP contribution in [0.3, 0.4) is 0 Å². The molecular weight excluding hydrogens is 314 g/mol. The number of carbonyl (C=O) groups is 1. The van der Waals surface area contributed by atoms with Crippen LogP contribution in [0.25, 0.3) is 0 Å². The van der Waals surface area contributed by atoms with Crippen molar-refractivity contribution < 1.29 is 13.2 Å². The Balaban J connectivity index is 0.00000220. The van der Waals surface area contributed by atoms with E-state index in [1.807, 2.05) is 7.05 Å². The van der Waals surface area contributed by atoms with E-state index < -0.39 is 10.0 Å². The number of carbonyl (C=O) groups excluding carboxylic acids is 1.